The summed E-state index contributed by atoms with van der Waals surface area (Å²) in [7, 11) is 1.56. The van der Waals surface area contributed by atoms with Gasteiger partial charge in [-0.3, -0.25) is 9.36 Å². The summed E-state index contributed by atoms with van der Waals surface area (Å²) in [4.78, 5) is 47.0. The van der Waals surface area contributed by atoms with E-state index in [1.807, 2.05) is 13.0 Å². The van der Waals surface area contributed by atoms with Gasteiger partial charge in [0, 0.05) is 11.6 Å². The van der Waals surface area contributed by atoms with Crippen LogP contribution >= 0.6 is 11.6 Å². The van der Waals surface area contributed by atoms with Gasteiger partial charge in [-0.25, -0.2) is 14.6 Å². The lowest BCUT2D eigenvalue weighted by Crippen LogP contribution is -2.39. The number of aromatic nitrogens is 4. The van der Waals surface area contributed by atoms with Gasteiger partial charge in [0.05, 0.1) is 31.2 Å². The van der Waals surface area contributed by atoms with Crippen molar-refractivity contribution in [2.45, 2.75) is 33.4 Å². The van der Waals surface area contributed by atoms with Crippen molar-refractivity contribution in [1.82, 2.24) is 24.4 Å². The summed E-state index contributed by atoms with van der Waals surface area (Å²) >= 11 is 6.43. The van der Waals surface area contributed by atoms with E-state index in [-0.39, 0.29) is 31.2 Å². The van der Waals surface area contributed by atoms with Crippen LogP contribution in [0.4, 0.5) is 4.79 Å². The SMILES string of the molecule is CCNC(=O)OCCn1c2nc(=O)n(Cc3ccc(OC)cc3)c(=O)c-2nc2cc(Cl)c(CC)cc21. The van der Waals surface area contributed by atoms with Crippen LogP contribution in [-0.2, 0) is 24.2 Å². The summed E-state index contributed by atoms with van der Waals surface area (Å²) < 4.78 is 13.1. The second-order valence-electron chi connectivity index (χ2n) is 8.02. The van der Waals surface area contributed by atoms with Gasteiger partial charge < -0.3 is 19.4 Å². The first-order valence-corrected chi connectivity index (χ1v) is 11.9. The van der Waals surface area contributed by atoms with Gasteiger partial charge in [-0.05, 0) is 48.7 Å². The van der Waals surface area contributed by atoms with Crippen LogP contribution < -0.4 is 21.3 Å². The zero-order valence-corrected chi connectivity index (χ0v) is 21.0. The molecule has 0 radical (unpaired) electrons. The van der Waals surface area contributed by atoms with E-state index in [1.165, 1.54) is 0 Å². The van der Waals surface area contributed by atoms with E-state index >= 15 is 0 Å². The van der Waals surface area contributed by atoms with Crippen molar-refractivity contribution >= 4 is 28.7 Å². The van der Waals surface area contributed by atoms with Gasteiger partial charge in [0.2, 0.25) is 0 Å². The van der Waals surface area contributed by atoms with Crippen LogP contribution in [-0.4, -0.2) is 45.5 Å². The molecular formula is C25H26ClN5O5. The predicted octanol–water partition coefficient (Wildman–Crippen LogP) is 3.08. The Labute approximate surface area is 211 Å². The number of alkyl carbamates (subject to hydrolysis) is 1. The van der Waals surface area contributed by atoms with Crippen LogP contribution in [0.3, 0.4) is 0 Å². The number of aryl methyl sites for hydroxylation is 1. The molecule has 0 unspecified atom stereocenters. The van der Waals surface area contributed by atoms with Crippen molar-refractivity contribution in [2.75, 3.05) is 20.3 Å². The second-order valence-corrected chi connectivity index (χ2v) is 8.43. The number of benzene rings is 2. The highest BCUT2D eigenvalue weighted by atomic mass is 35.5. The zero-order chi connectivity index (χ0) is 25.8. The van der Waals surface area contributed by atoms with Crippen molar-refractivity contribution < 1.29 is 14.3 Å². The number of fused-ring (bicyclic) bond motifs is 2. The number of hydrogen-bond donors (Lipinski definition) is 1. The van der Waals surface area contributed by atoms with Gasteiger partial charge in [0.15, 0.2) is 11.5 Å². The maximum Gasteiger partial charge on any atom is 0.407 e. The fourth-order valence-electron chi connectivity index (χ4n) is 3.91. The first kappa shape index (κ1) is 25.2. The summed E-state index contributed by atoms with van der Waals surface area (Å²) in [5.74, 6) is 0.782. The van der Waals surface area contributed by atoms with Crippen molar-refractivity contribution in [3.63, 3.8) is 0 Å². The number of halogens is 1. The lowest BCUT2D eigenvalue weighted by atomic mass is 10.1. The van der Waals surface area contributed by atoms with Gasteiger partial charge in [0.1, 0.15) is 12.4 Å². The van der Waals surface area contributed by atoms with Gasteiger partial charge in [0.25, 0.3) is 5.56 Å². The third kappa shape index (κ3) is 5.03. The Balaban J connectivity index is 1.85. The average molecular weight is 512 g/mol. The molecule has 0 bridgehead atoms. The molecular weight excluding hydrogens is 486 g/mol. The highest BCUT2D eigenvalue weighted by molar-refractivity contribution is 6.32. The Hall–Kier alpha value is -3.92. The lowest BCUT2D eigenvalue weighted by Gasteiger charge is -2.19. The molecule has 0 atom stereocenters. The monoisotopic (exact) mass is 511 g/mol. The van der Waals surface area contributed by atoms with E-state index in [0.717, 1.165) is 15.7 Å². The third-order valence-corrected chi connectivity index (χ3v) is 6.12. The lowest BCUT2D eigenvalue weighted by molar-refractivity contribution is 0.143. The number of carbonyl (C=O) groups excluding carboxylic acids is 1. The molecule has 10 nitrogen and oxygen atoms in total. The molecule has 0 aliphatic carbocycles. The summed E-state index contributed by atoms with van der Waals surface area (Å²) in [5.41, 5.74) is 1.45. The molecule has 2 aliphatic heterocycles. The minimum absolute atomic E-state index is 0.000395. The number of ether oxygens (including phenoxy) is 2. The summed E-state index contributed by atoms with van der Waals surface area (Å²) in [6.45, 7) is 4.37. The third-order valence-electron chi connectivity index (χ3n) is 5.76. The second kappa shape index (κ2) is 10.8. The van der Waals surface area contributed by atoms with Crippen molar-refractivity contribution in [2.24, 2.45) is 0 Å². The molecule has 1 amide bonds. The topological polar surface area (TPSA) is 117 Å². The number of hydrogen-bond acceptors (Lipinski definition) is 7. The first-order valence-electron chi connectivity index (χ1n) is 11.5. The quantitative estimate of drug-likeness (QED) is 0.361. The van der Waals surface area contributed by atoms with E-state index in [2.05, 4.69) is 15.3 Å². The van der Waals surface area contributed by atoms with Gasteiger partial charge in [-0.2, -0.15) is 4.98 Å². The minimum atomic E-state index is -0.701. The smallest absolute Gasteiger partial charge is 0.407 e. The van der Waals surface area contributed by atoms with Gasteiger partial charge in [-0.1, -0.05) is 30.7 Å². The molecule has 36 heavy (non-hydrogen) atoms. The molecule has 4 rings (SSSR count). The van der Waals surface area contributed by atoms with Gasteiger partial charge in [-0.15, -0.1) is 0 Å². The molecule has 188 valence electrons. The van der Waals surface area contributed by atoms with Crippen LogP contribution in [0.2, 0.25) is 5.02 Å². The fourth-order valence-corrected chi connectivity index (χ4v) is 4.20. The highest BCUT2D eigenvalue weighted by Crippen LogP contribution is 2.27. The molecule has 1 N–H and O–H groups in total. The van der Waals surface area contributed by atoms with E-state index in [4.69, 9.17) is 21.1 Å². The van der Waals surface area contributed by atoms with E-state index < -0.39 is 17.3 Å². The molecule has 0 saturated heterocycles. The number of nitrogens with one attached hydrogen (secondary N) is 1. The Morgan fingerprint density at radius 3 is 2.50 bits per heavy atom. The van der Waals surface area contributed by atoms with E-state index in [0.29, 0.717) is 34.8 Å². The first-order chi connectivity index (χ1) is 17.4. The number of rotatable bonds is 8. The van der Waals surface area contributed by atoms with Crippen molar-refractivity contribution in [3.05, 3.63) is 73.4 Å². The number of methoxy groups -OCH3 is 1. The maximum absolute atomic E-state index is 13.4. The maximum atomic E-state index is 13.4. The predicted molar refractivity (Wildman–Crippen MR) is 136 cm³/mol. The van der Waals surface area contributed by atoms with Crippen molar-refractivity contribution in [1.29, 1.82) is 0 Å². The van der Waals surface area contributed by atoms with Crippen LogP contribution in [0.15, 0.2) is 46.0 Å². The molecule has 0 spiro atoms. The fraction of sp³-hybridized carbons (Fsp3) is 0.320. The zero-order valence-electron chi connectivity index (χ0n) is 20.2. The normalized spacial score (nSPS) is 11.1. The van der Waals surface area contributed by atoms with E-state index in [1.54, 1.807) is 48.9 Å². The van der Waals surface area contributed by atoms with E-state index in [9.17, 15) is 14.4 Å². The number of amides is 1. The Kier molecular flexibility index (Phi) is 7.54. The Morgan fingerprint density at radius 1 is 1.08 bits per heavy atom. The summed E-state index contributed by atoms with van der Waals surface area (Å²) in [6.07, 6.45) is 0.115. The standard InChI is InChI=1S/C25H26ClN5O5/c1-4-16-12-20-19(13-18(16)26)28-21-22(30(20)10-11-36-25(34)27-5-2)29-24(33)31(23(21)32)14-15-6-8-17(35-3)9-7-15/h6-9,12-13H,4-5,10-11,14H2,1-3H3,(H,27,34). The number of carbonyl (C=O) groups is 1. The Morgan fingerprint density at radius 2 is 1.83 bits per heavy atom. The molecule has 2 aliphatic rings. The van der Waals surface area contributed by atoms with Crippen molar-refractivity contribution in [3.8, 4) is 17.3 Å². The summed E-state index contributed by atoms with van der Waals surface area (Å²) in [5, 5.41) is 3.08. The van der Waals surface area contributed by atoms with Crippen LogP contribution in [0.1, 0.15) is 25.0 Å². The molecule has 0 aromatic heterocycles. The molecule has 2 aromatic carbocycles. The average Bonchev–Trinajstić information content (AvgIpc) is 2.87. The summed E-state index contributed by atoms with van der Waals surface area (Å²) in [6, 6.07) is 10.6. The largest absolute Gasteiger partial charge is 0.497 e. The highest BCUT2D eigenvalue weighted by Gasteiger charge is 2.22. The molecule has 0 saturated carbocycles. The molecule has 0 fully saturated rings. The van der Waals surface area contributed by atoms with Gasteiger partial charge >= 0.3 is 11.8 Å². The van der Waals surface area contributed by atoms with Crippen LogP contribution in [0.5, 0.6) is 5.75 Å². The molecule has 2 heterocycles. The minimum Gasteiger partial charge on any atom is -0.497 e. The number of nitrogens with zero attached hydrogens (tertiary/aromatic N) is 4. The van der Waals surface area contributed by atoms with Crippen LogP contribution in [0.25, 0.3) is 22.6 Å². The van der Waals surface area contributed by atoms with Crippen LogP contribution in [0, 0.1) is 0 Å². The molecule has 2 aromatic rings. The molecule has 11 heteroatoms. The Bertz CT molecular complexity index is 1500.